The van der Waals surface area contributed by atoms with Crippen LogP contribution in [0.2, 0.25) is 0 Å². The second kappa shape index (κ2) is 5.54. The minimum Gasteiger partial charge on any atom is -0.324 e. The van der Waals surface area contributed by atoms with Crippen molar-refractivity contribution in [1.82, 2.24) is 0 Å². The van der Waals surface area contributed by atoms with E-state index in [1.165, 1.54) is 24.3 Å². The van der Waals surface area contributed by atoms with Gasteiger partial charge in [-0.3, -0.25) is 14.7 Å². The van der Waals surface area contributed by atoms with Crippen molar-refractivity contribution >= 4 is 13.3 Å². The lowest BCUT2D eigenvalue weighted by Gasteiger charge is -2.19. The molecule has 0 aromatic heterocycles. The van der Waals surface area contributed by atoms with Crippen LogP contribution in [0.15, 0.2) is 54.6 Å². The minimum atomic E-state index is -4.43. The van der Waals surface area contributed by atoms with Crippen LogP contribution in [0.3, 0.4) is 0 Å². The lowest BCUT2D eigenvalue weighted by molar-refractivity contribution is -0.384. The van der Waals surface area contributed by atoms with E-state index in [9.17, 15) is 24.5 Å². The molecule has 104 valence electrons. The Morgan fingerprint density at radius 2 is 1.45 bits per heavy atom. The lowest BCUT2D eigenvalue weighted by Crippen LogP contribution is -2.02. The summed E-state index contributed by atoms with van der Waals surface area (Å²) in [4.78, 5) is 29.1. The van der Waals surface area contributed by atoms with Crippen LogP contribution in [-0.2, 0) is 4.57 Å². The van der Waals surface area contributed by atoms with Gasteiger partial charge in [-0.25, -0.2) is 0 Å². The maximum Gasteiger partial charge on any atom is 0.337 e. The van der Waals surface area contributed by atoms with Crippen LogP contribution in [-0.4, -0.2) is 14.7 Å². The fraction of sp³-hybridized carbons (Fsp3) is 0.0769. The van der Waals surface area contributed by atoms with Gasteiger partial charge in [-0.1, -0.05) is 42.5 Å². The van der Waals surface area contributed by atoms with Gasteiger partial charge in [0.1, 0.15) is 5.66 Å². The van der Waals surface area contributed by atoms with Crippen LogP contribution < -0.4 is 0 Å². The van der Waals surface area contributed by atoms with E-state index in [0.29, 0.717) is 11.1 Å². The number of hydrogen-bond donors (Lipinski definition) is 2. The molecule has 0 saturated heterocycles. The van der Waals surface area contributed by atoms with Crippen LogP contribution in [0.25, 0.3) is 0 Å². The fourth-order valence-corrected chi connectivity index (χ4v) is 3.12. The predicted molar refractivity (Wildman–Crippen MR) is 73.4 cm³/mol. The zero-order valence-corrected chi connectivity index (χ0v) is 11.2. The Labute approximate surface area is 115 Å². The monoisotopic (exact) mass is 293 g/mol. The number of hydrogen-bond acceptors (Lipinski definition) is 3. The van der Waals surface area contributed by atoms with Crippen LogP contribution in [0, 0.1) is 10.1 Å². The normalized spacial score (nSPS) is 12.9. The largest absolute Gasteiger partial charge is 0.337 e. The van der Waals surface area contributed by atoms with Crippen molar-refractivity contribution in [2.75, 3.05) is 0 Å². The Morgan fingerprint density at radius 3 is 1.90 bits per heavy atom. The van der Waals surface area contributed by atoms with E-state index in [0.717, 1.165) is 0 Å². The molecular formula is C13H12NO5P. The highest BCUT2D eigenvalue weighted by atomic mass is 31.2. The number of nitro benzene ring substituents is 1. The molecule has 0 radical (unpaired) electrons. The molecule has 1 unspecified atom stereocenters. The summed E-state index contributed by atoms with van der Waals surface area (Å²) in [6.07, 6.45) is 0. The summed E-state index contributed by atoms with van der Waals surface area (Å²) in [5, 5.41) is 10.6. The van der Waals surface area contributed by atoms with E-state index in [4.69, 9.17) is 0 Å². The van der Waals surface area contributed by atoms with Crippen molar-refractivity contribution in [3.05, 3.63) is 75.8 Å². The molecule has 0 saturated carbocycles. The molecule has 0 aliphatic carbocycles. The third-order valence-corrected chi connectivity index (χ3v) is 4.14. The Balaban J connectivity index is 2.48. The zero-order chi connectivity index (χ0) is 14.8. The van der Waals surface area contributed by atoms with Gasteiger partial charge in [-0.05, 0) is 11.1 Å². The molecule has 6 nitrogen and oxygen atoms in total. The Hall–Kier alpha value is -2.01. The van der Waals surface area contributed by atoms with E-state index in [-0.39, 0.29) is 5.69 Å². The van der Waals surface area contributed by atoms with Gasteiger partial charge in [0.05, 0.1) is 4.92 Å². The van der Waals surface area contributed by atoms with Crippen molar-refractivity contribution in [3.8, 4) is 0 Å². The molecular weight excluding hydrogens is 281 g/mol. The van der Waals surface area contributed by atoms with E-state index >= 15 is 0 Å². The SMILES string of the molecule is O=[N+]([O-])c1ccc(C(c2ccccc2)P(=O)(O)O)cc1. The Morgan fingerprint density at radius 1 is 0.950 bits per heavy atom. The average Bonchev–Trinajstić information content (AvgIpc) is 2.39. The van der Waals surface area contributed by atoms with Crippen LogP contribution in [0.4, 0.5) is 5.69 Å². The van der Waals surface area contributed by atoms with Crippen molar-refractivity contribution in [2.45, 2.75) is 5.66 Å². The molecule has 0 aliphatic heterocycles. The number of rotatable bonds is 4. The number of nitrogens with zero attached hydrogens (tertiary/aromatic N) is 1. The number of nitro groups is 1. The summed E-state index contributed by atoms with van der Waals surface area (Å²) < 4.78 is 11.7. The Bertz CT molecular complexity index is 650. The maximum atomic E-state index is 11.7. The molecule has 1 atom stereocenters. The first-order chi connectivity index (χ1) is 9.39. The molecule has 2 aromatic carbocycles. The molecule has 0 aliphatic rings. The first-order valence-corrected chi connectivity index (χ1v) is 7.42. The van der Waals surface area contributed by atoms with Gasteiger partial charge in [0, 0.05) is 12.1 Å². The molecule has 0 bridgehead atoms. The molecule has 7 heteroatoms. The summed E-state index contributed by atoms with van der Waals surface area (Å²) in [6, 6.07) is 13.6. The highest BCUT2D eigenvalue weighted by molar-refractivity contribution is 7.52. The van der Waals surface area contributed by atoms with Crippen molar-refractivity contribution < 1.29 is 19.3 Å². The molecule has 0 fully saturated rings. The van der Waals surface area contributed by atoms with Gasteiger partial charge in [0.15, 0.2) is 0 Å². The summed E-state index contributed by atoms with van der Waals surface area (Å²) >= 11 is 0. The number of benzene rings is 2. The third kappa shape index (κ3) is 3.11. The summed E-state index contributed by atoms with van der Waals surface area (Å²) in [7, 11) is -4.43. The van der Waals surface area contributed by atoms with E-state index in [1.54, 1.807) is 30.3 Å². The molecule has 0 heterocycles. The van der Waals surface area contributed by atoms with Gasteiger partial charge in [-0.15, -0.1) is 0 Å². The van der Waals surface area contributed by atoms with Crippen LogP contribution >= 0.6 is 7.60 Å². The maximum absolute atomic E-state index is 11.7. The Kier molecular flexibility index (Phi) is 3.99. The molecule has 0 amide bonds. The predicted octanol–water partition coefficient (Wildman–Crippen LogP) is 2.86. The molecule has 20 heavy (non-hydrogen) atoms. The third-order valence-electron chi connectivity index (χ3n) is 2.87. The van der Waals surface area contributed by atoms with Gasteiger partial charge in [0.25, 0.3) is 5.69 Å². The highest BCUT2D eigenvalue weighted by Gasteiger charge is 2.32. The summed E-state index contributed by atoms with van der Waals surface area (Å²) in [5.74, 6) is 0. The number of non-ortho nitro benzene ring substituents is 1. The van der Waals surface area contributed by atoms with Gasteiger partial charge < -0.3 is 9.79 Å². The second-order valence-electron chi connectivity index (χ2n) is 4.25. The van der Waals surface area contributed by atoms with Crippen LogP contribution in [0.5, 0.6) is 0 Å². The smallest absolute Gasteiger partial charge is 0.324 e. The summed E-state index contributed by atoms with van der Waals surface area (Å²) in [6.45, 7) is 0. The fourth-order valence-electron chi connectivity index (χ4n) is 1.99. The average molecular weight is 293 g/mol. The first-order valence-electron chi connectivity index (χ1n) is 5.74. The van der Waals surface area contributed by atoms with Gasteiger partial charge in [-0.2, -0.15) is 0 Å². The van der Waals surface area contributed by atoms with Crippen molar-refractivity contribution in [3.63, 3.8) is 0 Å². The van der Waals surface area contributed by atoms with Gasteiger partial charge >= 0.3 is 7.60 Å². The molecule has 2 aromatic rings. The molecule has 2 N–H and O–H groups in total. The zero-order valence-electron chi connectivity index (χ0n) is 10.3. The minimum absolute atomic E-state index is 0.119. The topological polar surface area (TPSA) is 101 Å². The van der Waals surface area contributed by atoms with E-state index in [1.807, 2.05) is 0 Å². The van der Waals surface area contributed by atoms with E-state index < -0.39 is 18.2 Å². The standard InChI is InChI=1S/C13H12NO5P/c15-14(16)12-8-6-11(7-9-12)13(20(17,18)19)10-4-2-1-3-5-10/h1-9,13H,(H2,17,18,19). The first kappa shape index (κ1) is 14.4. The summed E-state index contributed by atoms with van der Waals surface area (Å²) in [5.41, 5.74) is -0.430. The molecule has 0 spiro atoms. The van der Waals surface area contributed by atoms with Crippen LogP contribution in [0.1, 0.15) is 16.8 Å². The quantitative estimate of drug-likeness (QED) is 0.513. The van der Waals surface area contributed by atoms with Crippen molar-refractivity contribution in [1.29, 1.82) is 0 Å². The van der Waals surface area contributed by atoms with Gasteiger partial charge in [0.2, 0.25) is 0 Å². The lowest BCUT2D eigenvalue weighted by atomic mass is 10.0. The second-order valence-corrected chi connectivity index (χ2v) is 5.95. The van der Waals surface area contributed by atoms with Crippen molar-refractivity contribution in [2.24, 2.45) is 0 Å². The highest BCUT2D eigenvalue weighted by Crippen LogP contribution is 2.55. The molecule has 2 rings (SSSR count). The van der Waals surface area contributed by atoms with E-state index in [2.05, 4.69) is 0 Å².